The van der Waals surface area contributed by atoms with Crippen LogP contribution in [0.1, 0.15) is 24.0 Å². The molecule has 1 aromatic heterocycles. The number of halogens is 1. The van der Waals surface area contributed by atoms with Crippen molar-refractivity contribution < 1.29 is 14.3 Å². The van der Waals surface area contributed by atoms with Crippen LogP contribution in [0.4, 0.5) is 0 Å². The van der Waals surface area contributed by atoms with Crippen LogP contribution < -0.4 is 26.0 Å². The Balaban J connectivity index is 1.42. The van der Waals surface area contributed by atoms with Gasteiger partial charge in [0.25, 0.3) is 5.56 Å². The molecule has 0 spiro atoms. The predicted octanol–water partition coefficient (Wildman–Crippen LogP) is 4.02. The number of fused-ring (bicyclic) bond motifs is 1. The average molecular weight is 536 g/mol. The number of nitrogens with one attached hydrogen (secondary N) is 1. The van der Waals surface area contributed by atoms with Crippen molar-refractivity contribution in [3.8, 4) is 11.5 Å². The number of hydrogen-bond donors (Lipinski definition) is 1. The Kier molecular flexibility index (Phi) is 8.86. The first-order valence-electron chi connectivity index (χ1n) is 12.4. The second-order valence-corrected chi connectivity index (χ2v) is 9.23. The number of nitrogens with zero attached hydrogens (tertiary/aromatic N) is 2. The fourth-order valence-electron chi connectivity index (χ4n) is 4.39. The van der Waals surface area contributed by atoms with Crippen LogP contribution in [0.3, 0.4) is 0 Å². The van der Waals surface area contributed by atoms with E-state index in [1.807, 2.05) is 36.4 Å². The molecule has 0 radical (unpaired) electrons. The first-order chi connectivity index (χ1) is 18.4. The van der Waals surface area contributed by atoms with E-state index in [4.69, 9.17) is 21.1 Å². The van der Waals surface area contributed by atoms with E-state index in [9.17, 15) is 14.4 Å². The molecule has 0 unspecified atom stereocenters. The number of benzene rings is 3. The molecule has 1 N–H and O–H groups in total. The molecule has 4 aromatic rings. The smallest absolute Gasteiger partial charge is 0.331 e. The lowest BCUT2D eigenvalue weighted by Gasteiger charge is -2.15. The van der Waals surface area contributed by atoms with E-state index in [2.05, 4.69) is 5.32 Å². The molecule has 0 atom stereocenters. The fourth-order valence-corrected chi connectivity index (χ4v) is 4.58. The number of carbonyl (C=O) groups excluding carboxylic acids is 1. The summed E-state index contributed by atoms with van der Waals surface area (Å²) in [6.07, 6.45) is 1.17. The van der Waals surface area contributed by atoms with Gasteiger partial charge in [-0.25, -0.2) is 4.79 Å². The molecule has 0 fully saturated rings. The van der Waals surface area contributed by atoms with E-state index >= 15 is 0 Å². The number of methoxy groups -OCH3 is 2. The number of amides is 1. The number of rotatable bonds is 11. The van der Waals surface area contributed by atoms with E-state index < -0.39 is 5.69 Å². The van der Waals surface area contributed by atoms with Crippen molar-refractivity contribution in [1.29, 1.82) is 0 Å². The maximum absolute atomic E-state index is 13.4. The number of hydrogen-bond acceptors (Lipinski definition) is 5. The zero-order chi connectivity index (χ0) is 27.1. The SMILES string of the molecule is COc1ccc(CCNC(=O)CCCn2c(=O)c3ccccc3n(Cc3ccccc3Cl)c2=O)cc1OC. The van der Waals surface area contributed by atoms with Crippen molar-refractivity contribution in [2.75, 3.05) is 20.8 Å². The van der Waals surface area contributed by atoms with Crippen molar-refractivity contribution in [2.45, 2.75) is 32.4 Å². The number of carbonyl (C=O) groups is 1. The highest BCUT2D eigenvalue weighted by molar-refractivity contribution is 6.31. The lowest BCUT2D eigenvalue weighted by molar-refractivity contribution is -0.121. The molecule has 0 saturated carbocycles. The third-order valence-electron chi connectivity index (χ3n) is 6.39. The molecule has 0 aliphatic carbocycles. The Hall–Kier alpha value is -4.04. The first-order valence-corrected chi connectivity index (χ1v) is 12.7. The standard InChI is InChI=1S/C29H30ClN3O5/c1-37-25-14-13-20(18-26(25)38-2)15-16-31-27(34)12-7-17-32-28(35)22-9-4-6-11-24(22)33(29(32)36)19-21-8-3-5-10-23(21)30/h3-6,8-11,13-14,18H,7,12,15-17,19H2,1-2H3,(H,31,34). The second kappa shape index (κ2) is 12.5. The highest BCUT2D eigenvalue weighted by atomic mass is 35.5. The zero-order valence-corrected chi connectivity index (χ0v) is 22.2. The molecular weight excluding hydrogens is 506 g/mol. The van der Waals surface area contributed by atoms with Crippen LogP contribution in [0, 0.1) is 0 Å². The summed E-state index contributed by atoms with van der Waals surface area (Å²) < 4.78 is 13.3. The van der Waals surface area contributed by atoms with Crippen LogP contribution in [0.15, 0.2) is 76.3 Å². The molecule has 9 heteroatoms. The number of aromatic nitrogens is 2. The Morgan fingerprint density at radius 2 is 1.66 bits per heavy atom. The van der Waals surface area contributed by atoms with Gasteiger partial charge in [-0.05, 0) is 54.3 Å². The van der Waals surface area contributed by atoms with Gasteiger partial charge < -0.3 is 14.8 Å². The molecule has 0 aliphatic rings. The molecule has 1 amide bonds. The molecule has 1 heterocycles. The minimum absolute atomic E-state index is 0.133. The third kappa shape index (κ3) is 6.08. The molecule has 0 bridgehead atoms. The van der Waals surface area contributed by atoms with Gasteiger partial charge in [-0.15, -0.1) is 0 Å². The van der Waals surface area contributed by atoms with Gasteiger partial charge in [-0.2, -0.15) is 0 Å². The topological polar surface area (TPSA) is 91.6 Å². The van der Waals surface area contributed by atoms with E-state index in [1.54, 1.807) is 49.1 Å². The maximum Gasteiger partial charge on any atom is 0.331 e. The van der Waals surface area contributed by atoms with Crippen molar-refractivity contribution in [3.05, 3.63) is 104 Å². The zero-order valence-electron chi connectivity index (χ0n) is 21.4. The Bertz CT molecular complexity index is 1560. The van der Waals surface area contributed by atoms with E-state index in [1.165, 1.54) is 4.57 Å². The van der Waals surface area contributed by atoms with E-state index in [0.717, 1.165) is 11.1 Å². The summed E-state index contributed by atoms with van der Waals surface area (Å²) in [6, 6.07) is 20.0. The fraction of sp³-hybridized carbons (Fsp3) is 0.276. The van der Waals surface area contributed by atoms with Crippen LogP contribution in [0.2, 0.25) is 5.02 Å². The molecule has 0 saturated heterocycles. The molecule has 8 nitrogen and oxygen atoms in total. The largest absolute Gasteiger partial charge is 0.493 e. The molecule has 0 aliphatic heterocycles. The highest BCUT2D eigenvalue weighted by Crippen LogP contribution is 2.27. The van der Waals surface area contributed by atoms with Crippen LogP contribution in [0.25, 0.3) is 10.9 Å². The van der Waals surface area contributed by atoms with E-state index in [0.29, 0.717) is 46.8 Å². The monoisotopic (exact) mass is 535 g/mol. The molecule has 3 aromatic carbocycles. The lowest BCUT2D eigenvalue weighted by atomic mass is 10.1. The van der Waals surface area contributed by atoms with Crippen LogP contribution in [-0.2, 0) is 24.3 Å². The molecule has 38 heavy (non-hydrogen) atoms. The van der Waals surface area contributed by atoms with Gasteiger partial charge in [-0.3, -0.25) is 18.7 Å². The quantitative estimate of drug-likeness (QED) is 0.313. The minimum atomic E-state index is -0.428. The van der Waals surface area contributed by atoms with Gasteiger partial charge in [-0.1, -0.05) is 48.0 Å². The number of ether oxygens (including phenoxy) is 2. The Labute approximate surface area is 225 Å². The van der Waals surface area contributed by atoms with Gasteiger partial charge >= 0.3 is 5.69 Å². The first kappa shape index (κ1) is 27.0. The summed E-state index contributed by atoms with van der Waals surface area (Å²) >= 11 is 6.34. The van der Waals surface area contributed by atoms with Crippen LogP contribution in [0.5, 0.6) is 11.5 Å². The Morgan fingerprint density at radius 1 is 0.921 bits per heavy atom. The summed E-state index contributed by atoms with van der Waals surface area (Å²) in [4.78, 5) is 38.9. The molecular formula is C29H30ClN3O5. The maximum atomic E-state index is 13.4. The summed E-state index contributed by atoms with van der Waals surface area (Å²) in [7, 11) is 3.16. The van der Waals surface area contributed by atoms with Crippen LogP contribution in [-0.4, -0.2) is 35.8 Å². The highest BCUT2D eigenvalue weighted by Gasteiger charge is 2.14. The van der Waals surface area contributed by atoms with Crippen molar-refractivity contribution in [3.63, 3.8) is 0 Å². The van der Waals surface area contributed by atoms with Crippen molar-refractivity contribution >= 4 is 28.4 Å². The molecule has 198 valence electrons. The lowest BCUT2D eigenvalue weighted by Crippen LogP contribution is -2.40. The van der Waals surface area contributed by atoms with E-state index in [-0.39, 0.29) is 31.0 Å². The summed E-state index contributed by atoms with van der Waals surface area (Å²) in [5.74, 6) is 1.14. The minimum Gasteiger partial charge on any atom is -0.493 e. The Morgan fingerprint density at radius 3 is 2.42 bits per heavy atom. The normalized spacial score (nSPS) is 10.9. The average Bonchev–Trinajstić information content (AvgIpc) is 2.93. The van der Waals surface area contributed by atoms with Gasteiger partial charge in [0.15, 0.2) is 11.5 Å². The number of para-hydroxylation sites is 1. The van der Waals surface area contributed by atoms with Crippen molar-refractivity contribution in [2.24, 2.45) is 0 Å². The van der Waals surface area contributed by atoms with Gasteiger partial charge in [0.05, 0.1) is 31.7 Å². The van der Waals surface area contributed by atoms with Gasteiger partial charge in [0.1, 0.15) is 0 Å². The second-order valence-electron chi connectivity index (χ2n) is 8.83. The molecule has 4 rings (SSSR count). The van der Waals surface area contributed by atoms with Gasteiger partial charge in [0.2, 0.25) is 5.91 Å². The summed E-state index contributed by atoms with van der Waals surface area (Å²) in [5, 5.41) is 3.89. The van der Waals surface area contributed by atoms with Crippen LogP contribution >= 0.6 is 11.6 Å². The predicted molar refractivity (Wildman–Crippen MR) is 149 cm³/mol. The summed E-state index contributed by atoms with van der Waals surface area (Å²) in [5.41, 5.74) is 1.54. The van der Waals surface area contributed by atoms with Crippen molar-refractivity contribution in [1.82, 2.24) is 14.5 Å². The van der Waals surface area contributed by atoms with Gasteiger partial charge in [0, 0.05) is 24.5 Å². The summed E-state index contributed by atoms with van der Waals surface area (Å²) in [6.45, 7) is 0.818. The third-order valence-corrected chi connectivity index (χ3v) is 6.76.